The van der Waals surface area contributed by atoms with Gasteiger partial charge >= 0.3 is 0 Å². The van der Waals surface area contributed by atoms with Crippen LogP contribution in [0.5, 0.6) is 0 Å². The van der Waals surface area contributed by atoms with Gasteiger partial charge in [0.1, 0.15) is 12.4 Å². The number of benzene rings is 1. The second-order valence-electron chi connectivity index (χ2n) is 6.15. The Morgan fingerprint density at radius 2 is 2.09 bits per heavy atom. The lowest BCUT2D eigenvalue weighted by molar-refractivity contribution is -0.122. The van der Waals surface area contributed by atoms with E-state index < -0.39 is 0 Å². The number of hydrogen-bond acceptors (Lipinski definition) is 3. The molecule has 2 aromatic rings. The zero-order valence-electron chi connectivity index (χ0n) is 13.3. The highest BCUT2D eigenvalue weighted by Crippen LogP contribution is 2.32. The van der Waals surface area contributed by atoms with E-state index >= 15 is 0 Å². The van der Waals surface area contributed by atoms with Crippen LogP contribution < -0.4 is 5.32 Å². The average Bonchev–Trinajstić information content (AvgIpc) is 3.24. The van der Waals surface area contributed by atoms with Crippen molar-refractivity contribution in [2.45, 2.75) is 46.2 Å². The van der Waals surface area contributed by atoms with Gasteiger partial charge in [-0.15, -0.1) is 0 Å². The third kappa shape index (κ3) is 3.18. The maximum atomic E-state index is 12.2. The van der Waals surface area contributed by atoms with Crippen LogP contribution in [-0.2, 0) is 11.3 Å². The van der Waals surface area contributed by atoms with Crippen LogP contribution in [0.25, 0.3) is 11.4 Å². The molecule has 1 amide bonds. The Bertz CT molecular complexity index is 688. The second kappa shape index (κ2) is 5.91. The van der Waals surface area contributed by atoms with Gasteiger partial charge in [-0.3, -0.25) is 4.79 Å². The lowest BCUT2D eigenvalue weighted by atomic mass is 10.1. The lowest BCUT2D eigenvalue weighted by Gasteiger charge is -2.13. The van der Waals surface area contributed by atoms with Gasteiger partial charge in [-0.05, 0) is 45.1 Å². The summed E-state index contributed by atoms with van der Waals surface area (Å²) in [4.78, 5) is 16.7. The van der Waals surface area contributed by atoms with E-state index in [2.05, 4.69) is 22.3 Å². The topological polar surface area (TPSA) is 59.8 Å². The molecule has 1 saturated carbocycles. The van der Waals surface area contributed by atoms with Crippen LogP contribution in [0.1, 0.15) is 31.2 Å². The molecule has 1 aromatic carbocycles. The molecule has 1 N–H and O–H groups in total. The van der Waals surface area contributed by atoms with Gasteiger partial charge in [-0.2, -0.15) is 5.10 Å². The van der Waals surface area contributed by atoms with Gasteiger partial charge in [0.15, 0.2) is 5.82 Å². The molecule has 1 fully saturated rings. The summed E-state index contributed by atoms with van der Waals surface area (Å²) < 4.78 is 1.70. The Labute approximate surface area is 130 Å². The fourth-order valence-electron chi connectivity index (χ4n) is 2.74. The van der Waals surface area contributed by atoms with E-state index in [0.29, 0.717) is 11.7 Å². The van der Waals surface area contributed by atoms with Crippen molar-refractivity contribution in [3.8, 4) is 11.4 Å². The van der Waals surface area contributed by atoms with Crippen molar-refractivity contribution in [3.05, 3.63) is 35.7 Å². The predicted octanol–water partition coefficient (Wildman–Crippen LogP) is 2.48. The summed E-state index contributed by atoms with van der Waals surface area (Å²) in [7, 11) is 0. The molecule has 1 atom stereocenters. The molecule has 0 aliphatic heterocycles. The molecule has 5 heteroatoms. The van der Waals surface area contributed by atoms with E-state index in [1.54, 1.807) is 4.68 Å². The first kappa shape index (κ1) is 14.8. The van der Waals surface area contributed by atoms with Gasteiger partial charge < -0.3 is 5.32 Å². The van der Waals surface area contributed by atoms with Gasteiger partial charge in [0.05, 0.1) is 0 Å². The number of nitrogens with one attached hydrogen (secondary N) is 1. The summed E-state index contributed by atoms with van der Waals surface area (Å²) in [6, 6.07) is 8.28. The molecular weight excluding hydrogens is 276 g/mol. The van der Waals surface area contributed by atoms with Crippen molar-refractivity contribution in [1.82, 2.24) is 20.1 Å². The standard InChI is InChI=1S/C17H22N4O/c1-11-6-4-5-7-15(11)17-19-13(3)20-21(17)10-16(22)18-12(2)14-8-9-14/h4-7,12,14H,8-10H2,1-3H3,(H,18,22). The molecule has 0 radical (unpaired) electrons. The highest BCUT2D eigenvalue weighted by atomic mass is 16.2. The maximum absolute atomic E-state index is 12.2. The first-order chi connectivity index (χ1) is 10.5. The highest BCUT2D eigenvalue weighted by Gasteiger charge is 2.29. The van der Waals surface area contributed by atoms with E-state index in [9.17, 15) is 4.79 Å². The molecule has 0 spiro atoms. The van der Waals surface area contributed by atoms with E-state index in [-0.39, 0.29) is 18.5 Å². The minimum Gasteiger partial charge on any atom is -0.352 e. The van der Waals surface area contributed by atoms with E-state index in [1.807, 2.05) is 38.1 Å². The monoisotopic (exact) mass is 298 g/mol. The first-order valence-electron chi connectivity index (χ1n) is 7.81. The van der Waals surface area contributed by atoms with E-state index in [0.717, 1.165) is 17.0 Å². The van der Waals surface area contributed by atoms with Crippen molar-refractivity contribution in [3.63, 3.8) is 0 Å². The highest BCUT2D eigenvalue weighted by molar-refractivity contribution is 5.76. The van der Waals surface area contributed by atoms with Crippen LogP contribution in [0.15, 0.2) is 24.3 Å². The van der Waals surface area contributed by atoms with Crippen molar-refractivity contribution in [1.29, 1.82) is 0 Å². The largest absolute Gasteiger partial charge is 0.352 e. The van der Waals surface area contributed by atoms with Crippen LogP contribution in [-0.4, -0.2) is 26.7 Å². The molecule has 3 rings (SSSR count). The number of amides is 1. The van der Waals surface area contributed by atoms with Gasteiger partial charge in [0.25, 0.3) is 0 Å². The van der Waals surface area contributed by atoms with E-state index in [1.165, 1.54) is 12.8 Å². The SMILES string of the molecule is Cc1nc(-c2ccccc2C)n(CC(=O)NC(C)C2CC2)n1. The number of carbonyl (C=O) groups is 1. The van der Waals surface area contributed by atoms with Crippen LogP contribution in [0, 0.1) is 19.8 Å². The summed E-state index contributed by atoms with van der Waals surface area (Å²) in [6.45, 7) is 6.17. The first-order valence-corrected chi connectivity index (χ1v) is 7.81. The molecule has 22 heavy (non-hydrogen) atoms. The molecule has 5 nitrogen and oxygen atoms in total. The van der Waals surface area contributed by atoms with Crippen LogP contribution in [0.3, 0.4) is 0 Å². The predicted molar refractivity (Wildman–Crippen MR) is 85.3 cm³/mol. The summed E-state index contributed by atoms with van der Waals surface area (Å²) in [6.07, 6.45) is 2.44. The zero-order valence-corrected chi connectivity index (χ0v) is 13.3. The Hall–Kier alpha value is -2.17. The summed E-state index contributed by atoms with van der Waals surface area (Å²) >= 11 is 0. The van der Waals surface area contributed by atoms with Crippen molar-refractivity contribution < 1.29 is 4.79 Å². The van der Waals surface area contributed by atoms with Gasteiger partial charge in [0.2, 0.25) is 5.91 Å². The Morgan fingerprint density at radius 1 is 1.36 bits per heavy atom. The molecular formula is C17H22N4O. The van der Waals surface area contributed by atoms with Crippen LogP contribution in [0.4, 0.5) is 0 Å². The molecule has 116 valence electrons. The molecule has 1 aromatic heterocycles. The number of aryl methyl sites for hydroxylation is 2. The summed E-state index contributed by atoms with van der Waals surface area (Å²) in [5.74, 6) is 2.09. The number of hydrogen-bond donors (Lipinski definition) is 1. The molecule has 1 unspecified atom stereocenters. The quantitative estimate of drug-likeness (QED) is 0.922. The molecule has 1 heterocycles. The summed E-state index contributed by atoms with van der Waals surface area (Å²) in [5.41, 5.74) is 2.15. The summed E-state index contributed by atoms with van der Waals surface area (Å²) in [5, 5.41) is 7.45. The number of rotatable bonds is 5. The fourth-order valence-corrected chi connectivity index (χ4v) is 2.74. The molecule has 1 aliphatic carbocycles. The van der Waals surface area contributed by atoms with Crippen molar-refractivity contribution >= 4 is 5.91 Å². The van der Waals surface area contributed by atoms with Gasteiger partial charge in [-0.1, -0.05) is 24.3 Å². The minimum atomic E-state index is -0.000802. The second-order valence-corrected chi connectivity index (χ2v) is 6.15. The lowest BCUT2D eigenvalue weighted by Crippen LogP contribution is -2.36. The molecule has 0 bridgehead atoms. The van der Waals surface area contributed by atoms with Crippen LogP contribution in [0.2, 0.25) is 0 Å². The van der Waals surface area contributed by atoms with Crippen molar-refractivity contribution in [2.24, 2.45) is 5.92 Å². The average molecular weight is 298 g/mol. The number of aromatic nitrogens is 3. The van der Waals surface area contributed by atoms with Gasteiger partial charge in [-0.25, -0.2) is 9.67 Å². The Morgan fingerprint density at radius 3 is 2.77 bits per heavy atom. The molecule has 0 saturated heterocycles. The fraction of sp³-hybridized carbons (Fsp3) is 0.471. The van der Waals surface area contributed by atoms with E-state index in [4.69, 9.17) is 0 Å². The zero-order chi connectivity index (χ0) is 15.7. The van der Waals surface area contributed by atoms with Gasteiger partial charge in [0, 0.05) is 11.6 Å². The Balaban J connectivity index is 1.79. The third-order valence-electron chi connectivity index (χ3n) is 4.17. The smallest absolute Gasteiger partial charge is 0.242 e. The minimum absolute atomic E-state index is 0.000802. The normalized spacial score (nSPS) is 15.6. The number of carbonyl (C=O) groups excluding carboxylic acids is 1. The molecule has 1 aliphatic rings. The Kier molecular flexibility index (Phi) is 3.96. The number of nitrogens with zero attached hydrogens (tertiary/aromatic N) is 3. The maximum Gasteiger partial charge on any atom is 0.242 e. The third-order valence-corrected chi connectivity index (χ3v) is 4.17. The van der Waals surface area contributed by atoms with Crippen LogP contribution >= 0.6 is 0 Å². The van der Waals surface area contributed by atoms with Crippen molar-refractivity contribution in [2.75, 3.05) is 0 Å².